The molecule has 0 bridgehead atoms. The van der Waals surface area contributed by atoms with Gasteiger partial charge in [0.25, 0.3) is 0 Å². The minimum Gasteiger partial charge on any atom is -0.478 e. The maximum atomic E-state index is 13.6. The average molecular weight is 412 g/mol. The molecule has 0 aromatic heterocycles. The van der Waals surface area contributed by atoms with E-state index in [-0.39, 0.29) is 6.08 Å². The number of rotatable bonds is 7. The molecule has 154 valence electrons. The predicted octanol–water partition coefficient (Wildman–Crippen LogP) is 4.12. The van der Waals surface area contributed by atoms with E-state index >= 15 is 0 Å². The van der Waals surface area contributed by atoms with Gasteiger partial charge in [-0.05, 0) is 6.92 Å². The van der Waals surface area contributed by atoms with Gasteiger partial charge >= 0.3 is 35.8 Å². The first-order valence-electron chi connectivity index (χ1n) is 6.36. The maximum Gasteiger partial charge on any atom is 0.438 e. The normalized spacial score (nSPS) is 16.6. The fourth-order valence-electron chi connectivity index (χ4n) is 1.83. The third-order valence-electron chi connectivity index (χ3n) is 3.25. The summed E-state index contributed by atoms with van der Waals surface area (Å²) in [5.74, 6) is -17.6. The number of halogens is 11. The Bertz CT molecular complexity index is 534. The number of hydrogen-bond acceptors (Lipinski definition) is 2. The van der Waals surface area contributed by atoms with Crippen molar-refractivity contribution in [1.82, 2.24) is 0 Å². The van der Waals surface area contributed by atoms with Gasteiger partial charge in [-0.1, -0.05) is 6.08 Å². The molecule has 0 saturated heterocycles. The van der Waals surface area contributed by atoms with E-state index in [1.54, 1.807) is 0 Å². The molecule has 0 aliphatic carbocycles. The van der Waals surface area contributed by atoms with Gasteiger partial charge in [-0.3, -0.25) is 0 Å². The lowest BCUT2D eigenvalue weighted by Crippen LogP contribution is -2.70. The molecule has 0 heterocycles. The van der Waals surface area contributed by atoms with Crippen LogP contribution < -0.4 is 0 Å². The van der Waals surface area contributed by atoms with Crippen molar-refractivity contribution in [2.24, 2.45) is 5.92 Å². The van der Waals surface area contributed by atoms with Crippen LogP contribution >= 0.6 is 0 Å². The molecule has 2 N–H and O–H groups in total. The average Bonchev–Trinajstić information content (AvgIpc) is 2.42. The zero-order valence-electron chi connectivity index (χ0n) is 12.5. The first-order valence-corrected chi connectivity index (χ1v) is 6.36. The molecule has 0 aliphatic heterocycles. The van der Waals surface area contributed by atoms with E-state index in [1.807, 2.05) is 0 Å². The minimum atomic E-state index is -7.58. The minimum absolute atomic E-state index is 0.216. The Hall–Kier alpha value is -1.60. The highest BCUT2D eigenvalue weighted by atomic mass is 19.4. The zero-order valence-corrected chi connectivity index (χ0v) is 12.5. The molecule has 0 spiro atoms. The molecule has 0 aromatic carbocycles. The van der Waals surface area contributed by atoms with Crippen molar-refractivity contribution in [1.29, 1.82) is 0 Å². The summed E-state index contributed by atoms with van der Waals surface area (Å²) in [6.07, 6.45) is -17.3. The summed E-state index contributed by atoms with van der Waals surface area (Å²) in [7, 11) is 0. The van der Waals surface area contributed by atoms with Crippen LogP contribution in [0.3, 0.4) is 0 Å². The number of carboxylic acids is 1. The lowest BCUT2D eigenvalue weighted by molar-refractivity contribution is -0.427. The fourth-order valence-corrected chi connectivity index (χ4v) is 1.83. The number of aliphatic hydroxyl groups excluding tert-OH is 1. The Balaban J connectivity index is 6.15. The monoisotopic (exact) mass is 412 g/mol. The van der Waals surface area contributed by atoms with E-state index in [2.05, 4.69) is 0 Å². The highest BCUT2D eigenvalue weighted by Crippen LogP contribution is 2.60. The second-order valence-corrected chi connectivity index (χ2v) is 5.23. The van der Waals surface area contributed by atoms with E-state index in [1.165, 1.54) is 0 Å². The first-order chi connectivity index (χ1) is 11.3. The number of aliphatic hydroxyl groups is 1. The molecule has 0 fully saturated rings. The Labute approximate surface area is 138 Å². The van der Waals surface area contributed by atoms with Crippen LogP contribution in [0.1, 0.15) is 13.3 Å². The number of aliphatic carboxylic acids is 1. The Morgan fingerprint density at radius 3 is 1.58 bits per heavy atom. The van der Waals surface area contributed by atoms with Crippen molar-refractivity contribution in [3.05, 3.63) is 11.6 Å². The van der Waals surface area contributed by atoms with Crippen LogP contribution in [0, 0.1) is 5.92 Å². The fraction of sp³-hybridized carbons (Fsp3) is 0.750. The van der Waals surface area contributed by atoms with Crippen LogP contribution in [-0.4, -0.2) is 52.7 Å². The van der Waals surface area contributed by atoms with Crippen molar-refractivity contribution in [3.63, 3.8) is 0 Å². The maximum absolute atomic E-state index is 13.6. The highest BCUT2D eigenvalue weighted by molar-refractivity contribution is 5.85. The van der Waals surface area contributed by atoms with Crippen LogP contribution in [0.25, 0.3) is 0 Å². The summed E-state index contributed by atoms with van der Waals surface area (Å²) in [5.41, 5.74) is -8.40. The van der Waals surface area contributed by atoms with Gasteiger partial charge in [0.05, 0.1) is 0 Å². The third-order valence-corrected chi connectivity index (χ3v) is 3.25. The Morgan fingerprint density at radius 1 is 0.923 bits per heavy atom. The zero-order chi connectivity index (χ0) is 21.4. The molecule has 1 unspecified atom stereocenters. The molecule has 26 heavy (non-hydrogen) atoms. The van der Waals surface area contributed by atoms with Crippen LogP contribution in [0.2, 0.25) is 0 Å². The molecule has 0 rings (SSSR count). The molecule has 3 nitrogen and oxygen atoms in total. The van der Waals surface area contributed by atoms with Gasteiger partial charge in [0, 0.05) is 24.5 Å². The highest BCUT2D eigenvalue weighted by Gasteiger charge is 2.89. The van der Waals surface area contributed by atoms with Crippen molar-refractivity contribution < 1.29 is 63.3 Å². The van der Waals surface area contributed by atoms with Gasteiger partial charge in [-0.25, -0.2) is 9.18 Å². The van der Waals surface area contributed by atoms with Crippen molar-refractivity contribution in [3.8, 4) is 0 Å². The summed E-state index contributed by atoms with van der Waals surface area (Å²) in [4.78, 5) is 10.5. The van der Waals surface area contributed by atoms with Crippen molar-refractivity contribution in [2.75, 3.05) is 6.61 Å². The van der Waals surface area contributed by atoms with Crippen LogP contribution in [0.4, 0.5) is 48.3 Å². The second kappa shape index (κ2) is 7.19. The quantitative estimate of drug-likeness (QED) is 0.489. The van der Waals surface area contributed by atoms with Crippen LogP contribution in [0.5, 0.6) is 0 Å². The van der Waals surface area contributed by atoms with Gasteiger partial charge in [0.1, 0.15) is 0 Å². The standard InChI is InChI=1S/C12H11F11O3/c1-5(7(25)26)2-6(4-24)3-8(13,14)10(16,17)9(15,11(18,19)20)12(21,22)23/h2,6,24H,3-4H2,1H3,(H,25,26). The van der Waals surface area contributed by atoms with E-state index < -0.39 is 60.4 Å². The first kappa shape index (κ1) is 24.4. The lowest BCUT2D eigenvalue weighted by atomic mass is 9.86. The van der Waals surface area contributed by atoms with E-state index in [0.29, 0.717) is 0 Å². The number of carbonyl (C=O) groups is 1. The molecule has 14 heteroatoms. The predicted molar refractivity (Wildman–Crippen MR) is 62.4 cm³/mol. The second-order valence-electron chi connectivity index (χ2n) is 5.23. The molecule has 0 aromatic rings. The molecule has 0 saturated carbocycles. The largest absolute Gasteiger partial charge is 0.478 e. The molecule has 0 amide bonds. The number of carboxylic acid groups (broad SMARTS) is 1. The molecular formula is C12H11F11O3. The van der Waals surface area contributed by atoms with Crippen molar-refractivity contribution in [2.45, 2.75) is 43.2 Å². The molecular weight excluding hydrogens is 401 g/mol. The van der Waals surface area contributed by atoms with Gasteiger partial charge < -0.3 is 10.2 Å². The van der Waals surface area contributed by atoms with E-state index in [0.717, 1.165) is 6.92 Å². The summed E-state index contributed by atoms with van der Waals surface area (Å²) >= 11 is 0. The number of hydrogen-bond donors (Lipinski definition) is 2. The smallest absolute Gasteiger partial charge is 0.438 e. The lowest BCUT2D eigenvalue weighted by Gasteiger charge is -2.40. The van der Waals surface area contributed by atoms with Crippen LogP contribution in [-0.2, 0) is 4.79 Å². The van der Waals surface area contributed by atoms with Crippen LogP contribution in [0.15, 0.2) is 11.6 Å². The van der Waals surface area contributed by atoms with Gasteiger partial charge in [0.15, 0.2) is 0 Å². The van der Waals surface area contributed by atoms with Gasteiger partial charge in [-0.2, -0.15) is 43.9 Å². The van der Waals surface area contributed by atoms with Gasteiger partial charge in [-0.15, -0.1) is 0 Å². The summed E-state index contributed by atoms with van der Waals surface area (Å²) in [6.45, 7) is -0.806. The summed E-state index contributed by atoms with van der Waals surface area (Å²) in [5, 5.41) is 17.2. The van der Waals surface area contributed by atoms with Crippen molar-refractivity contribution >= 4 is 5.97 Å². The molecule has 0 aliphatic rings. The van der Waals surface area contributed by atoms with E-state index in [9.17, 15) is 53.1 Å². The van der Waals surface area contributed by atoms with Gasteiger partial charge in [0.2, 0.25) is 0 Å². The molecule has 1 atom stereocenters. The summed E-state index contributed by atoms with van der Waals surface area (Å²) in [6, 6.07) is 0. The Morgan fingerprint density at radius 2 is 1.31 bits per heavy atom. The third kappa shape index (κ3) is 4.20. The summed E-state index contributed by atoms with van der Waals surface area (Å²) < 4.78 is 141. The topological polar surface area (TPSA) is 57.5 Å². The SMILES string of the molecule is CC(=CC(CO)CC(F)(F)C(F)(F)C(F)(C(F)(F)F)C(F)(F)F)C(=O)O. The number of alkyl halides is 11. The Kier molecular flexibility index (Phi) is 6.75. The van der Waals surface area contributed by atoms with E-state index in [4.69, 9.17) is 10.2 Å². The molecule has 0 radical (unpaired) electrons.